The molecule has 0 aliphatic carbocycles. The van der Waals surface area contributed by atoms with E-state index in [1.54, 1.807) is 6.92 Å². The molecule has 1 heterocycles. The summed E-state index contributed by atoms with van der Waals surface area (Å²) < 4.78 is 4.89. The van der Waals surface area contributed by atoms with Crippen LogP contribution < -0.4 is 5.32 Å². The summed E-state index contributed by atoms with van der Waals surface area (Å²) in [5.74, 6) is -1.24. The van der Waals surface area contributed by atoms with Gasteiger partial charge in [0.25, 0.3) is 5.91 Å². The Labute approximate surface area is 139 Å². The van der Waals surface area contributed by atoms with Crippen molar-refractivity contribution >= 4 is 11.9 Å². The molecule has 2 aromatic rings. The summed E-state index contributed by atoms with van der Waals surface area (Å²) in [5, 5.41) is 11.8. The van der Waals surface area contributed by atoms with Crippen LogP contribution in [0, 0.1) is 6.92 Å². The van der Waals surface area contributed by atoms with Crippen molar-refractivity contribution < 1.29 is 19.4 Å². The first-order valence-corrected chi connectivity index (χ1v) is 7.31. The van der Waals surface area contributed by atoms with Crippen LogP contribution in [0.4, 0.5) is 0 Å². The molecular weight excluding hydrogens is 310 g/mol. The summed E-state index contributed by atoms with van der Waals surface area (Å²) in [7, 11) is 1.37. The van der Waals surface area contributed by atoms with Crippen molar-refractivity contribution in [3.8, 4) is 11.4 Å². The summed E-state index contributed by atoms with van der Waals surface area (Å²) >= 11 is 0. The molecule has 7 heteroatoms. The predicted octanol–water partition coefficient (Wildman–Crippen LogP) is 1.67. The molecule has 0 fully saturated rings. The lowest BCUT2D eigenvalue weighted by atomic mass is 10.0. The number of carbonyl (C=O) groups excluding carboxylic acids is 1. The largest absolute Gasteiger partial charge is 0.479 e. The molecule has 0 bridgehead atoms. The molecule has 2 N–H and O–H groups in total. The van der Waals surface area contributed by atoms with E-state index in [-0.39, 0.29) is 12.2 Å². The van der Waals surface area contributed by atoms with Gasteiger partial charge >= 0.3 is 5.97 Å². The number of methoxy groups -OCH3 is 1. The third-order valence-corrected chi connectivity index (χ3v) is 3.55. The smallest absolute Gasteiger partial charge is 0.331 e. The van der Waals surface area contributed by atoms with Gasteiger partial charge in [-0.2, -0.15) is 0 Å². The number of nitrogens with zero attached hydrogens (tertiary/aromatic N) is 2. The molecule has 0 aliphatic heterocycles. The van der Waals surface area contributed by atoms with Gasteiger partial charge in [-0.1, -0.05) is 30.3 Å². The number of carboxylic acids is 1. The second-order valence-corrected chi connectivity index (χ2v) is 5.58. The topological polar surface area (TPSA) is 101 Å². The SMILES string of the molecule is COCC(C)(NC(=O)c1cnc(-c2ccccc2)nc1C)C(=O)O. The van der Waals surface area contributed by atoms with Gasteiger partial charge in [0.1, 0.15) is 0 Å². The number of carboxylic acid groups (broad SMARTS) is 1. The average molecular weight is 329 g/mol. The van der Waals surface area contributed by atoms with Crippen LogP contribution in [0.15, 0.2) is 36.5 Å². The third kappa shape index (κ3) is 3.75. The Bertz CT molecular complexity index is 749. The van der Waals surface area contributed by atoms with Crippen LogP contribution in [0.1, 0.15) is 23.0 Å². The molecule has 0 saturated heterocycles. The summed E-state index contributed by atoms with van der Waals surface area (Å²) in [5.41, 5.74) is -0.0109. The molecule has 2 rings (SSSR count). The van der Waals surface area contributed by atoms with Gasteiger partial charge in [0.05, 0.1) is 17.9 Å². The van der Waals surface area contributed by atoms with Crippen LogP contribution in [0.25, 0.3) is 11.4 Å². The molecule has 0 aliphatic rings. The molecule has 24 heavy (non-hydrogen) atoms. The quantitative estimate of drug-likeness (QED) is 0.836. The number of ether oxygens (including phenoxy) is 1. The van der Waals surface area contributed by atoms with E-state index in [0.717, 1.165) is 5.56 Å². The molecular formula is C17H19N3O4. The Kier molecular flexibility index (Phi) is 5.25. The lowest BCUT2D eigenvalue weighted by Crippen LogP contribution is -2.55. The maximum atomic E-state index is 12.4. The third-order valence-electron chi connectivity index (χ3n) is 3.55. The van der Waals surface area contributed by atoms with E-state index in [1.165, 1.54) is 20.2 Å². The van der Waals surface area contributed by atoms with E-state index in [9.17, 15) is 14.7 Å². The van der Waals surface area contributed by atoms with Crippen LogP contribution in [-0.4, -0.2) is 46.2 Å². The zero-order chi connectivity index (χ0) is 17.7. The molecule has 0 saturated carbocycles. The number of nitrogens with one attached hydrogen (secondary N) is 1. The number of aromatic nitrogens is 2. The molecule has 1 aromatic heterocycles. The van der Waals surface area contributed by atoms with Crippen molar-refractivity contribution in [3.63, 3.8) is 0 Å². The van der Waals surface area contributed by atoms with E-state index in [1.807, 2.05) is 30.3 Å². The number of hydrogen-bond donors (Lipinski definition) is 2. The van der Waals surface area contributed by atoms with Gasteiger partial charge in [-0.25, -0.2) is 14.8 Å². The van der Waals surface area contributed by atoms with Gasteiger partial charge in [-0.05, 0) is 13.8 Å². The zero-order valence-corrected chi connectivity index (χ0v) is 13.7. The van der Waals surface area contributed by atoms with Gasteiger partial charge in [-0.3, -0.25) is 4.79 Å². The monoisotopic (exact) mass is 329 g/mol. The van der Waals surface area contributed by atoms with E-state index in [4.69, 9.17) is 4.74 Å². The molecule has 1 amide bonds. The Hall–Kier alpha value is -2.80. The Morgan fingerprint density at radius 3 is 2.50 bits per heavy atom. The minimum Gasteiger partial charge on any atom is -0.479 e. The molecule has 0 spiro atoms. The number of benzene rings is 1. The van der Waals surface area contributed by atoms with E-state index >= 15 is 0 Å². The van der Waals surface area contributed by atoms with Crippen molar-refractivity contribution in [2.75, 3.05) is 13.7 Å². The highest BCUT2D eigenvalue weighted by atomic mass is 16.5. The van der Waals surface area contributed by atoms with E-state index < -0.39 is 17.4 Å². The van der Waals surface area contributed by atoms with Gasteiger partial charge in [0.2, 0.25) is 0 Å². The van der Waals surface area contributed by atoms with Crippen molar-refractivity contribution in [2.24, 2.45) is 0 Å². The molecule has 126 valence electrons. The van der Waals surface area contributed by atoms with Gasteiger partial charge in [-0.15, -0.1) is 0 Å². The fourth-order valence-electron chi connectivity index (χ4n) is 2.17. The molecule has 1 unspecified atom stereocenters. The van der Waals surface area contributed by atoms with Crippen LogP contribution in [0.3, 0.4) is 0 Å². The Morgan fingerprint density at radius 2 is 1.96 bits per heavy atom. The van der Waals surface area contributed by atoms with Crippen molar-refractivity contribution in [3.05, 3.63) is 47.8 Å². The highest BCUT2D eigenvalue weighted by Crippen LogP contribution is 2.16. The highest BCUT2D eigenvalue weighted by Gasteiger charge is 2.35. The van der Waals surface area contributed by atoms with Crippen molar-refractivity contribution in [2.45, 2.75) is 19.4 Å². The highest BCUT2D eigenvalue weighted by molar-refractivity contribution is 5.98. The zero-order valence-electron chi connectivity index (χ0n) is 13.7. The summed E-state index contributed by atoms with van der Waals surface area (Å²) in [4.78, 5) is 32.3. The molecule has 1 atom stereocenters. The summed E-state index contributed by atoms with van der Waals surface area (Å²) in [6, 6.07) is 9.37. The second-order valence-electron chi connectivity index (χ2n) is 5.58. The minimum absolute atomic E-state index is 0.157. The lowest BCUT2D eigenvalue weighted by molar-refractivity contribution is -0.145. The standard InChI is InChI=1S/C17H19N3O4/c1-11-13(15(21)20-17(2,10-24-3)16(22)23)9-18-14(19-11)12-7-5-4-6-8-12/h4-9H,10H2,1-3H3,(H,20,21)(H,22,23). The van der Waals surface area contributed by atoms with Crippen molar-refractivity contribution in [1.29, 1.82) is 0 Å². The van der Waals surface area contributed by atoms with Crippen LogP contribution >= 0.6 is 0 Å². The first kappa shape index (κ1) is 17.6. The molecule has 1 aromatic carbocycles. The first-order valence-electron chi connectivity index (χ1n) is 7.31. The number of carbonyl (C=O) groups is 2. The van der Waals surface area contributed by atoms with Crippen LogP contribution in [0.5, 0.6) is 0 Å². The maximum absolute atomic E-state index is 12.4. The average Bonchev–Trinajstić information content (AvgIpc) is 2.55. The predicted molar refractivity (Wildman–Crippen MR) is 87.6 cm³/mol. The maximum Gasteiger partial charge on any atom is 0.331 e. The molecule has 0 radical (unpaired) electrons. The summed E-state index contributed by atoms with van der Waals surface area (Å²) in [6.07, 6.45) is 1.40. The van der Waals surface area contributed by atoms with E-state index in [0.29, 0.717) is 11.5 Å². The number of aliphatic carboxylic acids is 1. The van der Waals surface area contributed by atoms with Crippen LogP contribution in [-0.2, 0) is 9.53 Å². The fourth-order valence-corrected chi connectivity index (χ4v) is 2.17. The molecule has 7 nitrogen and oxygen atoms in total. The number of hydrogen-bond acceptors (Lipinski definition) is 5. The van der Waals surface area contributed by atoms with E-state index in [2.05, 4.69) is 15.3 Å². The number of amides is 1. The second kappa shape index (κ2) is 7.18. The van der Waals surface area contributed by atoms with Crippen LogP contribution in [0.2, 0.25) is 0 Å². The fraction of sp³-hybridized carbons (Fsp3) is 0.294. The van der Waals surface area contributed by atoms with Gasteiger partial charge in [0, 0.05) is 18.9 Å². The normalized spacial score (nSPS) is 13.1. The van der Waals surface area contributed by atoms with Crippen molar-refractivity contribution in [1.82, 2.24) is 15.3 Å². The van der Waals surface area contributed by atoms with Gasteiger partial charge < -0.3 is 15.2 Å². The summed E-state index contributed by atoms with van der Waals surface area (Å²) in [6.45, 7) is 2.90. The minimum atomic E-state index is -1.53. The van der Waals surface area contributed by atoms with Gasteiger partial charge in [0.15, 0.2) is 11.4 Å². The first-order chi connectivity index (χ1) is 11.4. The Balaban J connectivity index is 2.26. The number of rotatable bonds is 6. The lowest BCUT2D eigenvalue weighted by Gasteiger charge is -2.25. The Morgan fingerprint density at radius 1 is 1.29 bits per heavy atom. The number of aryl methyl sites for hydroxylation is 1.